The minimum atomic E-state index is -1.07. The SMILES string of the molecule is CC(C)(C)OC(=O)CC[C@H](C(N)=O)N1Cc2c(ccc(Br)c2[N+](=O)[O-])C1=O. The maximum Gasteiger partial charge on any atom is 0.306 e. The number of fused-ring (bicyclic) bond motifs is 1. The lowest BCUT2D eigenvalue weighted by Gasteiger charge is -2.25. The van der Waals surface area contributed by atoms with Gasteiger partial charge in [0.25, 0.3) is 11.6 Å². The molecule has 2 amide bonds. The van der Waals surface area contributed by atoms with Crippen molar-refractivity contribution in [1.82, 2.24) is 4.90 Å². The summed E-state index contributed by atoms with van der Waals surface area (Å²) in [6.45, 7) is 5.02. The van der Waals surface area contributed by atoms with E-state index in [9.17, 15) is 24.5 Å². The minimum Gasteiger partial charge on any atom is -0.460 e. The molecular formula is C17H20BrN3O6. The van der Waals surface area contributed by atoms with E-state index in [0.29, 0.717) is 0 Å². The largest absolute Gasteiger partial charge is 0.460 e. The molecule has 0 fully saturated rings. The number of esters is 1. The van der Waals surface area contributed by atoms with Gasteiger partial charge < -0.3 is 15.4 Å². The fourth-order valence-corrected chi connectivity index (χ4v) is 3.43. The molecule has 9 nitrogen and oxygen atoms in total. The van der Waals surface area contributed by atoms with Gasteiger partial charge in [-0.05, 0) is 55.3 Å². The highest BCUT2D eigenvalue weighted by Crippen LogP contribution is 2.37. The number of rotatable bonds is 6. The Kier molecular flexibility index (Phi) is 5.88. The molecule has 0 radical (unpaired) electrons. The molecule has 0 spiro atoms. The van der Waals surface area contributed by atoms with E-state index in [2.05, 4.69) is 15.9 Å². The molecule has 2 rings (SSSR count). The lowest BCUT2D eigenvalue weighted by molar-refractivity contribution is -0.386. The molecule has 0 saturated heterocycles. The van der Waals surface area contributed by atoms with E-state index in [1.165, 1.54) is 12.1 Å². The number of nitro benzene ring substituents is 1. The van der Waals surface area contributed by atoms with Crippen LogP contribution in [0.4, 0.5) is 5.69 Å². The third-order valence-corrected chi connectivity index (χ3v) is 4.62. The Bertz CT molecular complexity index is 818. The Morgan fingerprint density at radius 2 is 2.04 bits per heavy atom. The molecule has 0 aliphatic carbocycles. The van der Waals surface area contributed by atoms with Gasteiger partial charge >= 0.3 is 5.97 Å². The van der Waals surface area contributed by atoms with Crippen molar-refractivity contribution < 1.29 is 24.0 Å². The number of hydrogen-bond acceptors (Lipinski definition) is 6. The number of ether oxygens (including phenoxy) is 1. The van der Waals surface area contributed by atoms with Gasteiger partial charge in [-0.1, -0.05) is 0 Å². The Morgan fingerprint density at radius 3 is 2.56 bits per heavy atom. The highest BCUT2D eigenvalue weighted by atomic mass is 79.9. The van der Waals surface area contributed by atoms with Crippen molar-refractivity contribution in [3.05, 3.63) is 37.8 Å². The van der Waals surface area contributed by atoms with Gasteiger partial charge in [-0.3, -0.25) is 24.5 Å². The molecule has 27 heavy (non-hydrogen) atoms. The molecule has 1 heterocycles. The van der Waals surface area contributed by atoms with Gasteiger partial charge in [-0.2, -0.15) is 0 Å². The molecule has 0 aromatic heterocycles. The molecule has 1 aromatic rings. The summed E-state index contributed by atoms with van der Waals surface area (Å²) in [5.74, 6) is -1.85. The van der Waals surface area contributed by atoms with E-state index in [0.717, 1.165) is 4.90 Å². The van der Waals surface area contributed by atoms with Crippen molar-refractivity contribution in [1.29, 1.82) is 0 Å². The summed E-state index contributed by atoms with van der Waals surface area (Å²) in [5.41, 5.74) is 4.89. The molecule has 0 saturated carbocycles. The van der Waals surface area contributed by atoms with Gasteiger partial charge in [0, 0.05) is 6.42 Å². The van der Waals surface area contributed by atoms with Crippen LogP contribution in [0.15, 0.2) is 16.6 Å². The van der Waals surface area contributed by atoms with Crippen molar-refractivity contribution in [2.75, 3.05) is 0 Å². The number of hydrogen-bond donors (Lipinski definition) is 1. The third kappa shape index (κ3) is 4.62. The highest BCUT2D eigenvalue weighted by molar-refractivity contribution is 9.10. The van der Waals surface area contributed by atoms with Gasteiger partial charge in [-0.25, -0.2) is 0 Å². The van der Waals surface area contributed by atoms with Crippen molar-refractivity contribution in [2.45, 2.75) is 51.8 Å². The Balaban J connectivity index is 2.23. The van der Waals surface area contributed by atoms with Crippen LogP contribution in [0.5, 0.6) is 0 Å². The van der Waals surface area contributed by atoms with Gasteiger partial charge in [0.1, 0.15) is 11.6 Å². The predicted molar refractivity (Wildman–Crippen MR) is 98.7 cm³/mol. The first-order chi connectivity index (χ1) is 12.4. The average Bonchev–Trinajstić information content (AvgIpc) is 2.81. The molecule has 0 unspecified atom stereocenters. The van der Waals surface area contributed by atoms with Crippen LogP contribution < -0.4 is 5.73 Å². The highest BCUT2D eigenvalue weighted by Gasteiger charge is 2.40. The van der Waals surface area contributed by atoms with Crippen molar-refractivity contribution in [2.24, 2.45) is 5.73 Å². The number of halogens is 1. The normalized spacial score (nSPS) is 14.7. The fraction of sp³-hybridized carbons (Fsp3) is 0.471. The van der Waals surface area contributed by atoms with E-state index in [1.54, 1.807) is 20.8 Å². The van der Waals surface area contributed by atoms with Crippen LogP contribution in [0.2, 0.25) is 0 Å². The monoisotopic (exact) mass is 441 g/mol. The van der Waals surface area contributed by atoms with E-state index in [1.807, 2.05) is 0 Å². The summed E-state index contributed by atoms with van der Waals surface area (Å²) < 4.78 is 5.44. The van der Waals surface area contributed by atoms with Gasteiger partial charge in [-0.15, -0.1) is 0 Å². The lowest BCUT2D eigenvalue weighted by atomic mass is 10.1. The zero-order valence-corrected chi connectivity index (χ0v) is 16.7. The Morgan fingerprint density at radius 1 is 1.41 bits per heavy atom. The molecule has 10 heteroatoms. The second kappa shape index (κ2) is 7.63. The number of amides is 2. The lowest BCUT2D eigenvalue weighted by Crippen LogP contribution is -2.45. The summed E-state index contributed by atoms with van der Waals surface area (Å²) in [7, 11) is 0. The maximum atomic E-state index is 12.7. The molecule has 1 aromatic carbocycles. The quantitative estimate of drug-likeness (QED) is 0.408. The summed E-state index contributed by atoms with van der Waals surface area (Å²) in [5, 5.41) is 11.3. The number of carbonyl (C=O) groups excluding carboxylic acids is 3. The van der Waals surface area contributed by atoms with Gasteiger partial charge in [0.2, 0.25) is 5.91 Å². The molecular weight excluding hydrogens is 422 g/mol. The molecule has 1 aliphatic rings. The predicted octanol–water partition coefficient (Wildman–Crippen LogP) is 2.29. The van der Waals surface area contributed by atoms with Crippen molar-refractivity contribution in [3.63, 3.8) is 0 Å². The topological polar surface area (TPSA) is 133 Å². The Labute approximate surface area is 164 Å². The summed E-state index contributed by atoms with van der Waals surface area (Å²) in [4.78, 5) is 48.4. The van der Waals surface area contributed by atoms with E-state index in [4.69, 9.17) is 10.5 Å². The van der Waals surface area contributed by atoms with Crippen LogP contribution in [0.3, 0.4) is 0 Å². The number of primary amides is 1. The number of carbonyl (C=O) groups is 3. The second-order valence-corrected chi connectivity index (χ2v) is 8.01. The zero-order chi connectivity index (χ0) is 20.5. The van der Waals surface area contributed by atoms with Crippen LogP contribution in [-0.4, -0.2) is 39.2 Å². The second-order valence-electron chi connectivity index (χ2n) is 7.16. The first kappa shape index (κ1) is 20.8. The van der Waals surface area contributed by atoms with E-state index < -0.39 is 34.3 Å². The fourth-order valence-electron chi connectivity index (χ4n) is 2.91. The zero-order valence-electron chi connectivity index (χ0n) is 15.2. The van der Waals surface area contributed by atoms with Crippen molar-refractivity contribution in [3.8, 4) is 0 Å². The van der Waals surface area contributed by atoms with Crippen LogP contribution in [0.25, 0.3) is 0 Å². The molecule has 1 atom stereocenters. The van der Waals surface area contributed by atoms with Crippen LogP contribution in [0.1, 0.15) is 49.5 Å². The van der Waals surface area contributed by atoms with Crippen LogP contribution in [-0.2, 0) is 20.9 Å². The average molecular weight is 442 g/mol. The first-order valence-electron chi connectivity index (χ1n) is 8.20. The molecule has 146 valence electrons. The standard InChI is InChI=1S/C17H20BrN3O6/c1-17(2,3)27-13(22)7-6-12(15(19)23)20-8-10-9(16(20)24)4-5-11(18)14(10)21(25)26/h4-5,12H,6-8H2,1-3H3,(H2,19,23)/t12-/m1/s1. The Hall–Kier alpha value is -2.49. The summed E-state index contributed by atoms with van der Waals surface area (Å²) in [6.07, 6.45) is -0.143. The number of nitrogens with two attached hydrogens (primary N) is 1. The van der Waals surface area contributed by atoms with Crippen LogP contribution in [0, 0.1) is 10.1 Å². The van der Waals surface area contributed by atoms with E-state index in [-0.39, 0.29) is 40.7 Å². The summed E-state index contributed by atoms with van der Waals surface area (Å²) >= 11 is 3.11. The first-order valence-corrected chi connectivity index (χ1v) is 8.99. The number of nitrogens with zero attached hydrogens (tertiary/aromatic N) is 2. The van der Waals surface area contributed by atoms with Crippen LogP contribution >= 0.6 is 15.9 Å². The number of nitro groups is 1. The smallest absolute Gasteiger partial charge is 0.306 e. The van der Waals surface area contributed by atoms with E-state index >= 15 is 0 Å². The van der Waals surface area contributed by atoms with Crippen molar-refractivity contribution >= 4 is 39.4 Å². The summed E-state index contributed by atoms with van der Waals surface area (Å²) in [6, 6.07) is 1.80. The minimum absolute atomic E-state index is 0.0288. The number of benzene rings is 1. The molecule has 2 N–H and O–H groups in total. The van der Waals surface area contributed by atoms with Gasteiger partial charge in [0.15, 0.2) is 0 Å². The maximum absolute atomic E-state index is 12.7. The van der Waals surface area contributed by atoms with Gasteiger partial charge in [0.05, 0.1) is 27.1 Å². The molecule has 0 bridgehead atoms. The third-order valence-electron chi connectivity index (χ3n) is 3.98. The molecule has 1 aliphatic heterocycles.